The predicted molar refractivity (Wildman–Crippen MR) is 111 cm³/mol. The Morgan fingerprint density at radius 1 is 1.13 bits per heavy atom. The summed E-state index contributed by atoms with van der Waals surface area (Å²) in [6.45, 7) is 0.404. The quantitative estimate of drug-likeness (QED) is 0.499. The zero-order valence-electron chi connectivity index (χ0n) is 15.7. The van der Waals surface area contributed by atoms with E-state index in [1.807, 2.05) is 12.1 Å². The fourth-order valence-electron chi connectivity index (χ4n) is 2.50. The number of benzene rings is 2. The van der Waals surface area contributed by atoms with Gasteiger partial charge < -0.3 is 15.2 Å². The molecule has 0 unspecified atom stereocenters. The maximum absolute atomic E-state index is 12.8. The third kappa shape index (κ3) is 5.90. The molecule has 6 nitrogen and oxygen atoms in total. The summed E-state index contributed by atoms with van der Waals surface area (Å²) in [6, 6.07) is 11.7. The molecule has 0 radical (unpaired) electrons. The first-order chi connectivity index (χ1) is 14.2. The van der Waals surface area contributed by atoms with Crippen LogP contribution < -0.4 is 10.6 Å². The molecule has 3 rings (SSSR count). The van der Waals surface area contributed by atoms with Gasteiger partial charge in [0.25, 0.3) is 0 Å². The standard InChI is InChI=1S/C19H17ClF3N5OS/c1-28-16(10-24-14-6-3-5-13(20)9-14)26-27-18(28)30-11-17(29)25-15-7-2-4-12(8-15)19(21,22)23/h2-9,24H,10-11H2,1H3,(H,25,29). The number of rotatable bonds is 7. The predicted octanol–water partition coefficient (Wildman–Crippen LogP) is 4.83. The molecule has 0 aliphatic carbocycles. The first kappa shape index (κ1) is 22.0. The van der Waals surface area contributed by atoms with E-state index in [1.165, 1.54) is 12.1 Å². The molecule has 1 heterocycles. The van der Waals surface area contributed by atoms with Crippen LogP contribution in [0.3, 0.4) is 0 Å². The maximum atomic E-state index is 12.8. The number of nitrogens with zero attached hydrogens (tertiary/aromatic N) is 3. The van der Waals surface area contributed by atoms with E-state index in [0.29, 0.717) is 22.5 Å². The van der Waals surface area contributed by atoms with Crippen LogP contribution in [0, 0.1) is 0 Å². The molecule has 0 aliphatic rings. The summed E-state index contributed by atoms with van der Waals surface area (Å²) in [7, 11) is 1.77. The van der Waals surface area contributed by atoms with Crippen molar-refractivity contribution < 1.29 is 18.0 Å². The molecule has 0 fully saturated rings. The summed E-state index contributed by atoms with van der Waals surface area (Å²) >= 11 is 7.09. The second kappa shape index (κ2) is 9.40. The smallest absolute Gasteiger partial charge is 0.378 e. The van der Waals surface area contributed by atoms with Gasteiger partial charge in [0.15, 0.2) is 11.0 Å². The number of halogens is 4. The number of carbonyl (C=O) groups excluding carboxylic acids is 1. The topological polar surface area (TPSA) is 71.8 Å². The summed E-state index contributed by atoms with van der Waals surface area (Å²) in [4.78, 5) is 12.1. The van der Waals surface area contributed by atoms with Crippen LogP contribution in [0.2, 0.25) is 5.02 Å². The average Bonchev–Trinajstić information content (AvgIpc) is 3.04. The number of anilines is 2. The molecular weight excluding hydrogens is 439 g/mol. The van der Waals surface area contributed by atoms with E-state index in [1.54, 1.807) is 23.7 Å². The molecule has 0 atom stereocenters. The van der Waals surface area contributed by atoms with E-state index in [9.17, 15) is 18.0 Å². The summed E-state index contributed by atoms with van der Waals surface area (Å²) in [6.07, 6.45) is -4.47. The highest BCUT2D eigenvalue weighted by atomic mass is 35.5. The van der Waals surface area contributed by atoms with Crippen molar-refractivity contribution in [1.82, 2.24) is 14.8 Å². The lowest BCUT2D eigenvalue weighted by molar-refractivity contribution is -0.137. The van der Waals surface area contributed by atoms with E-state index in [0.717, 1.165) is 29.6 Å². The van der Waals surface area contributed by atoms with E-state index in [4.69, 9.17) is 11.6 Å². The van der Waals surface area contributed by atoms with E-state index < -0.39 is 17.6 Å². The van der Waals surface area contributed by atoms with E-state index in [-0.39, 0.29) is 11.4 Å². The number of nitrogens with one attached hydrogen (secondary N) is 2. The molecule has 30 heavy (non-hydrogen) atoms. The number of aromatic nitrogens is 3. The number of thioether (sulfide) groups is 1. The molecule has 2 aromatic carbocycles. The number of hydrogen-bond donors (Lipinski definition) is 2. The van der Waals surface area contributed by atoms with Gasteiger partial charge in [0, 0.05) is 23.4 Å². The Kier molecular flexibility index (Phi) is 6.88. The normalized spacial score (nSPS) is 11.4. The fourth-order valence-corrected chi connectivity index (χ4v) is 3.42. The van der Waals surface area contributed by atoms with Gasteiger partial charge in [-0.1, -0.05) is 35.5 Å². The molecule has 0 aliphatic heterocycles. The monoisotopic (exact) mass is 455 g/mol. The van der Waals surface area contributed by atoms with Crippen molar-refractivity contribution in [1.29, 1.82) is 0 Å². The molecule has 0 spiro atoms. The second-order valence-corrected chi connectivity index (χ2v) is 7.62. The Labute approximate surface area is 179 Å². The third-order valence-electron chi connectivity index (χ3n) is 4.01. The fraction of sp³-hybridized carbons (Fsp3) is 0.211. The van der Waals surface area contributed by atoms with Crippen molar-refractivity contribution in [3.63, 3.8) is 0 Å². The number of alkyl halides is 3. The van der Waals surface area contributed by atoms with E-state index in [2.05, 4.69) is 20.8 Å². The molecular formula is C19H17ClF3N5OS. The van der Waals surface area contributed by atoms with Crippen molar-refractivity contribution in [2.45, 2.75) is 17.9 Å². The van der Waals surface area contributed by atoms with Crippen LogP contribution in [0.5, 0.6) is 0 Å². The van der Waals surface area contributed by atoms with Crippen LogP contribution in [0.25, 0.3) is 0 Å². The third-order valence-corrected chi connectivity index (χ3v) is 5.26. The van der Waals surface area contributed by atoms with Gasteiger partial charge in [-0.3, -0.25) is 4.79 Å². The van der Waals surface area contributed by atoms with Crippen LogP contribution in [-0.4, -0.2) is 26.4 Å². The Morgan fingerprint density at radius 2 is 1.87 bits per heavy atom. The minimum Gasteiger partial charge on any atom is -0.378 e. The lowest BCUT2D eigenvalue weighted by Crippen LogP contribution is -2.15. The van der Waals surface area contributed by atoms with Crippen LogP contribution in [0.1, 0.15) is 11.4 Å². The Hall–Kier alpha value is -2.72. The van der Waals surface area contributed by atoms with E-state index >= 15 is 0 Å². The molecule has 3 aromatic rings. The Bertz CT molecular complexity index is 1040. The van der Waals surface area contributed by atoms with Gasteiger partial charge >= 0.3 is 6.18 Å². The van der Waals surface area contributed by atoms with Crippen LogP contribution in [0.4, 0.5) is 24.5 Å². The average molecular weight is 456 g/mol. The summed E-state index contributed by atoms with van der Waals surface area (Å²) in [5, 5.41) is 14.9. The zero-order chi connectivity index (χ0) is 21.7. The van der Waals surface area contributed by atoms with Gasteiger partial charge in [-0.05, 0) is 36.4 Å². The van der Waals surface area contributed by atoms with Crippen molar-refractivity contribution >= 4 is 40.6 Å². The molecule has 0 bridgehead atoms. The van der Waals surface area contributed by atoms with Crippen LogP contribution in [-0.2, 0) is 24.6 Å². The molecule has 1 amide bonds. The lowest BCUT2D eigenvalue weighted by Gasteiger charge is -2.10. The van der Waals surface area contributed by atoms with Gasteiger partial charge in [-0.2, -0.15) is 13.2 Å². The second-order valence-electron chi connectivity index (χ2n) is 6.24. The van der Waals surface area contributed by atoms with Gasteiger partial charge in [0.05, 0.1) is 17.9 Å². The lowest BCUT2D eigenvalue weighted by atomic mass is 10.2. The SMILES string of the molecule is Cn1c(CNc2cccc(Cl)c2)nnc1SCC(=O)Nc1cccc(C(F)(F)F)c1. The summed E-state index contributed by atoms with van der Waals surface area (Å²) in [5.74, 6) is 0.181. The summed E-state index contributed by atoms with van der Waals surface area (Å²) in [5.41, 5.74) is 0.0954. The Morgan fingerprint density at radius 3 is 2.60 bits per heavy atom. The first-order valence-electron chi connectivity index (χ1n) is 8.70. The van der Waals surface area contributed by atoms with Gasteiger partial charge in [-0.25, -0.2) is 0 Å². The first-order valence-corrected chi connectivity index (χ1v) is 10.1. The number of carbonyl (C=O) groups is 1. The number of amides is 1. The zero-order valence-corrected chi connectivity index (χ0v) is 17.3. The van der Waals surface area contributed by atoms with Gasteiger partial charge in [0.1, 0.15) is 0 Å². The van der Waals surface area contributed by atoms with Gasteiger partial charge in [0.2, 0.25) is 5.91 Å². The van der Waals surface area contributed by atoms with Crippen molar-refractivity contribution in [3.8, 4) is 0 Å². The van der Waals surface area contributed by atoms with Crippen LogP contribution in [0.15, 0.2) is 53.7 Å². The molecule has 1 aromatic heterocycles. The molecule has 11 heteroatoms. The highest BCUT2D eigenvalue weighted by Gasteiger charge is 2.30. The highest BCUT2D eigenvalue weighted by molar-refractivity contribution is 7.99. The Balaban J connectivity index is 1.54. The molecule has 2 N–H and O–H groups in total. The largest absolute Gasteiger partial charge is 0.416 e. The maximum Gasteiger partial charge on any atom is 0.416 e. The van der Waals surface area contributed by atoms with Crippen molar-refractivity contribution in [3.05, 3.63) is 64.9 Å². The van der Waals surface area contributed by atoms with Gasteiger partial charge in [-0.15, -0.1) is 10.2 Å². The highest BCUT2D eigenvalue weighted by Crippen LogP contribution is 2.30. The van der Waals surface area contributed by atoms with Crippen molar-refractivity contribution in [2.24, 2.45) is 7.05 Å². The molecule has 0 saturated carbocycles. The number of hydrogen-bond acceptors (Lipinski definition) is 5. The molecule has 0 saturated heterocycles. The van der Waals surface area contributed by atoms with Crippen molar-refractivity contribution in [2.75, 3.05) is 16.4 Å². The minimum absolute atomic E-state index is 0.0239. The van der Waals surface area contributed by atoms with Crippen LogP contribution >= 0.6 is 23.4 Å². The minimum atomic E-state index is -4.47. The molecule has 158 valence electrons. The summed E-state index contributed by atoms with van der Waals surface area (Å²) < 4.78 is 40.0.